The van der Waals surface area contributed by atoms with Gasteiger partial charge < -0.3 is 10.6 Å². The minimum Gasteiger partial charge on any atom is -0.324 e. The van der Waals surface area contributed by atoms with Gasteiger partial charge in [0.1, 0.15) is 11.5 Å². The predicted molar refractivity (Wildman–Crippen MR) is 100 cm³/mol. The summed E-state index contributed by atoms with van der Waals surface area (Å²) >= 11 is 0. The molecule has 0 saturated heterocycles. The fourth-order valence-electron chi connectivity index (χ4n) is 2.51. The Hall–Kier alpha value is -3.28. The van der Waals surface area contributed by atoms with Gasteiger partial charge in [-0.1, -0.05) is 18.2 Å². The maximum absolute atomic E-state index is 13.3. The van der Waals surface area contributed by atoms with Gasteiger partial charge in [-0.05, 0) is 62.2 Å². The molecule has 132 valence electrons. The van der Waals surface area contributed by atoms with Crippen molar-refractivity contribution in [2.45, 2.75) is 20.8 Å². The second-order valence-electron chi connectivity index (χ2n) is 6.06. The molecule has 0 bridgehead atoms. The van der Waals surface area contributed by atoms with Crippen molar-refractivity contribution in [1.82, 2.24) is 9.97 Å². The molecule has 3 rings (SSSR count). The highest BCUT2D eigenvalue weighted by Crippen LogP contribution is 2.21. The number of rotatable bonds is 4. The average Bonchev–Trinajstić information content (AvgIpc) is 2.58. The third-order valence-corrected chi connectivity index (χ3v) is 4.02. The molecule has 0 atom stereocenters. The van der Waals surface area contributed by atoms with Crippen molar-refractivity contribution in [3.63, 3.8) is 0 Å². The van der Waals surface area contributed by atoms with E-state index in [1.807, 2.05) is 32.0 Å². The Balaban J connectivity index is 1.85. The van der Waals surface area contributed by atoms with Crippen LogP contribution in [0.5, 0.6) is 0 Å². The van der Waals surface area contributed by atoms with Crippen LogP contribution in [0.2, 0.25) is 0 Å². The number of anilines is 3. The van der Waals surface area contributed by atoms with Gasteiger partial charge in [-0.25, -0.2) is 14.4 Å². The van der Waals surface area contributed by atoms with E-state index in [-0.39, 0.29) is 5.69 Å². The molecule has 3 aromatic rings. The topological polar surface area (TPSA) is 66.9 Å². The summed E-state index contributed by atoms with van der Waals surface area (Å²) in [5.41, 5.74) is 4.34. The Labute approximate surface area is 151 Å². The van der Waals surface area contributed by atoms with Crippen LogP contribution in [0.4, 0.5) is 21.7 Å². The molecule has 2 aromatic carbocycles. The molecule has 0 spiro atoms. The Morgan fingerprint density at radius 2 is 1.77 bits per heavy atom. The van der Waals surface area contributed by atoms with Gasteiger partial charge in [-0.2, -0.15) is 0 Å². The molecule has 0 aliphatic heterocycles. The van der Waals surface area contributed by atoms with Crippen molar-refractivity contribution >= 4 is 23.2 Å². The van der Waals surface area contributed by atoms with Crippen molar-refractivity contribution in [2.24, 2.45) is 0 Å². The van der Waals surface area contributed by atoms with Crippen molar-refractivity contribution in [1.29, 1.82) is 0 Å². The smallest absolute Gasteiger partial charge is 0.274 e. The zero-order valence-electron chi connectivity index (χ0n) is 14.8. The molecule has 1 amide bonds. The fraction of sp³-hybridized carbons (Fsp3) is 0.150. The van der Waals surface area contributed by atoms with Crippen LogP contribution < -0.4 is 10.6 Å². The number of aryl methyl sites for hydroxylation is 2. The van der Waals surface area contributed by atoms with E-state index in [4.69, 9.17) is 0 Å². The Bertz CT molecular complexity index is 972. The first kappa shape index (κ1) is 17.5. The SMILES string of the molecule is Cc1cc(C(=O)Nc2cccc(F)c2)nc(Nc2cccc(C)c2C)n1. The summed E-state index contributed by atoms with van der Waals surface area (Å²) < 4.78 is 13.3. The lowest BCUT2D eigenvalue weighted by atomic mass is 10.1. The van der Waals surface area contributed by atoms with Gasteiger partial charge in [0.25, 0.3) is 5.91 Å². The lowest BCUT2D eigenvalue weighted by Crippen LogP contribution is -2.15. The van der Waals surface area contributed by atoms with Crippen molar-refractivity contribution in [2.75, 3.05) is 10.6 Å². The highest BCUT2D eigenvalue weighted by molar-refractivity contribution is 6.03. The summed E-state index contributed by atoms with van der Waals surface area (Å²) in [6, 6.07) is 13.2. The van der Waals surface area contributed by atoms with E-state index >= 15 is 0 Å². The number of nitrogens with one attached hydrogen (secondary N) is 2. The quantitative estimate of drug-likeness (QED) is 0.725. The second-order valence-corrected chi connectivity index (χ2v) is 6.06. The zero-order chi connectivity index (χ0) is 18.7. The van der Waals surface area contributed by atoms with E-state index in [0.29, 0.717) is 17.3 Å². The number of carbonyl (C=O) groups is 1. The normalized spacial score (nSPS) is 10.5. The Kier molecular flexibility index (Phi) is 4.93. The zero-order valence-corrected chi connectivity index (χ0v) is 14.8. The van der Waals surface area contributed by atoms with Crippen molar-refractivity contribution < 1.29 is 9.18 Å². The molecule has 0 radical (unpaired) electrons. The molecule has 1 aromatic heterocycles. The van der Waals surface area contributed by atoms with Crippen molar-refractivity contribution in [3.05, 3.63) is 76.9 Å². The van der Waals surface area contributed by atoms with Crippen LogP contribution in [0.25, 0.3) is 0 Å². The molecule has 6 heteroatoms. The first-order chi connectivity index (χ1) is 12.4. The molecule has 5 nitrogen and oxygen atoms in total. The molecular formula is C20H19FN4O. The first-order valence-electron chi connectivity index (χ1n) is 8.18. The van der Waals surface area contributed by atoms with E-state index in [1.54, 1.807) is 19.1 Å². The average molecular weight is 350 g/mol. The molecule has 0 aliphatic rings. The maximum Gasteiger partial charge on any atom is 0.274 e. The lowest BCUT2D eigenvalue weighted by Gasteiger charge is -2.12. The van der Waals surface area contributed by atoms with Crippen LogP contribution in [0.3, 0.4) is 0 Å². The van der Waals surface area contributed by atoms with E-state index in [1.165, 1.54) is 18.2 Å². The van der Waals surface area contributed by atoms with Gasteiger partial charge in [0, 0.05) is 17.1 Å². The first-order valence-corrected chi connectivity index (χ1v) is 8.18. The number of nitrogens with zero attached hydrogens (tertiary/aromatic N) is 2. The minimum atomic E-state index is -0.426. The van der Waals surface area contributed by atoms with Crippen molar-refractivity contribution in [3.8, 4) is 0 Å². The summed E-state index contributed by atoms with van der Waals surface area (Å²) in [5, 5.41) is 5.80. The fourth-order valence-corrected chi connectivity index (χ4v) is 2.51. The highest BCUT2D eigenvalue weighted by Gasteiger charge is 2.12. The van der Waals surface area contributed by atoms with Gasteiger partial charge >= 0.3 is 0 Å². The molecule has 0 unspecified atom stereocenters. The number of carbonyl (C=O) groups excluding carboxylic acids is 1. The number of benzene rings is 2. The van der Waals surface area contributed by atoms with E-state index in [2.05, 4.69) is 20.6 Å². The molecule has 0 aliphatic carbocycles. The van der Waals surface area contributed by atoms with Crippen LogP contribution >= 0.6 is 0 Å². The molecule has 1 heterocycles. The van der Waals surface area contributed by atoms with Crippen LogP contribution in [-0.2, 0) is 0 Å². The predicted octanol–water partition coefficient (Wildman–Crippen LogP) is 4.54. The summed E-state index contributed by atoms with van der Waals surface area (Å²) in [6.07, 6.45) is 0. The van der Waals surface area contributed by atoms with E-state index in [9.17, 15) is 9.18 Å². The monoisotopic (exact) mass is 350 g/mol. The molecule has 2 N–H and O–H groups in total. The summed E-state index contributed by atoms with van der Waals surface area (Å²) in [4.78, 5) is 21.1. The Morgan fingerprint density at radius 3 is 2.54 bits per heavy atom. The van der Waals surface area contributed by atoms with Gasteiger partial charge in [0.2, 0.25) is 5.95 Å². The number of halogens is 1. The number of hydrogen-bond donors (Lipinski definition) is 2. The van der Waals surface area contributed by atoms with E-state index in [0.717, 1.165) is 16.8 Å². The van der Waals surface area contributed by atoms with Gasteiger partial charge in [0.15, 0.2) is 0 Å². The lowest BCUT2D eigenvalue weighted by molar-refractivity contribution is 0.102. The highest BCUT2D eigenvalue weighted by atomic mass is 19.1. The number of hydrogen-bond acceptors (Lipinski definition) is 4. The summed E-state index contributed by atoms with van der Waals surface area (Å²) in [5.74, 6) is -0.507. The van der Waals surface area contributed by atoms with Crippen LogP contribution in [0.1, 0.15) is 27.3 Å². The molecule has 26 heavy (non-hydrogen) atoms. The summed E-state index contributed by atoms with van der Waals surface area (Å²) in [7, 11) is 0. The van der Waals surface area contributed by atoms with Crippen LogP contribution in [0, 0.1) is 26.6 Å². The van der Waals surface area contributed by atoms with Crippen LogP contribution in [0.15, 0.2) is 48.5 Å². The Morgan fingerprint density at radius 1 is 1.00 bits per heavy atom. The van der Waals surface area contributed by atoms with Gasteiger partial charge in [0.05, 0.1) is 0 Å². The largest absolute Gasteiger partial charge is 0.324 e. The number of aromatic nitrogens is 2. The third kappa shape index (κ3) is 4.03. The minimum absolute atomic E-state index is 0.203. The standard InChI is InChI=1S/C20H19FN4O/c1-12-6-4-9-17(14(12)3)24-20-22-13(2)10-18(25-20)19(26)23-16-8-5-7-15(21)11-16/h4-11H,1-3H3,(H,23,26)(H,22,24,25). The third-order valence-electron chi connectivity index (χ3n) is 4.02. The summed E-state index contributed by atoms with van der Waals surface area (Å²) in [6.45, 7) is 5.81. The van der Waals surface area contributed by atoms with Gasteiger partial charge in [-0.15, -0.1) is 0 Å². The molecule has 0 saturated carbocycles. The van der Waals surface area contributed by atoms with E-state index < -0.39 is 11.7 Å². The molecule has 0 fully saturated rings. The second kappa shape index (κ2) is 7.31. The maximum atomic E-state index is 13.3. The number of amides is 1. The van der Waals surface area contributed by atoms with Gasteiger partial charge in [-0.3, -0.25) is 4.79 Å². The molecular weight excluding hydrogens is 331 g/mol. The van der Waals surface area contributed by atoms with Crippen LogP contribution in [-0.4, -0.2) is 15.9 Å².